The van der Waals surface area contributed by atoms with Crippen molar-refractivity contribution in [1.29, 1.82) is 0 Å². The van der Waals surface area contributed by atoms with Crippen molar-refractivity contribution in [3.05, 3.63) is 64.9 Å². The van der Waals surface area contributed by atoms with Gasteiger partial charge in [0, 0.05) is 17.3 Å². The summed E-state index contributed by atoms with van der Waals surface area (Å²) in [6.07, 6.45) is 0. The monoisotopic (exact) mass is 347 g/mol. The summed E-state index contributed by atoms with van der Waals surface area (Å²) in [6, 6.07) is 14.3. The fourth-order valence-electron chi connectivity index (χ4n) is 2.32. The zero-order valence-electron chi connectivity index (χ0n) is 12.7. The Balaban J connectivity index is 1.89. The van der Waals surface area contributed by atoms with Crippen LogP contribution in [0.15, 0.2) is 53.7 Å². The molecule has 0 saturated carbocycles. The molecule has 3 rings (SSSR count). The lowest BCUT2D eigenvalue weighted by Gasteiger charge is -2.12. The van der Waals surface area contributed by atoms with E-state index in [1.807, 2.05) is 31.3 Å². The minimum absolute atomic E-state index is 0.111. The van der Waals surface area contributed by atoms with Crippen molar-refractivity contribution in [2.75, 3.05) is 0 Å². The van der Waals surface area contributed by atoms with E-state index in [0.29, 0.717) is 11.4 Å². The van der Waals surface area contributed by atoms with Gasteiger partial charge < -0.3 is 4.57 Å². The minimum Gasteiger partial charge on any atom is -0.305 e. The summed E-state index contributed by atoms with van der Waals surface area (Å²) in [7, 11) is 1.84. The van der Waals surface area contributed by atoms with Crippen LogP contribution < -0.4 is 0 Å². The maximum atomic E-state index is 13.9. The van der Waals surface area contributed by atoms with Gasteiger partial charge in [0.2, 0.25) is 0 Å². The quantitative estimate of drug-likeness (QED) is 0.613. The van der Waals surface area contributed by atoms with Gasteiger partial charge >= 0.3 is 0 Å². The maximum absolute atomic E-state index is 13.9. The van der Waals surface area contributed by atoms with Crippen molar-refractivity contribution in [3.63, 3.8) is 0 Å². The van der Waals surface area contributed by atoms with E-state index in [1.165, 1.54) is 6.07 Å². The second-order valence-electron chi connectivity index (χ2n) is 5.13. The number of hydrogen-bond acceptors (Lipinski definition) is 3. The fraction of sp³-hybridized carbons (Fsp3) is 0.176. The second-order valence-corrected chi connectivity index (χ2v) is 6.84. The molecule has 0 aliphatic rings. The summed E-state index contributed by atoms with van der Waals surface area (Å²) < 4.78 is 15.7. The third-order valence-corrected chi connectivity index (χ3v) is 5.09. The molecule has 0 spiro atoms. The van der Waals surface area contributed by atoms with Gasteiger partial charge in [-0.05, 0) is 30.7 Å². The molecule has 3 nitrogen and oxygen atoms in total. The molecule has 0 radical (unpaired) electrons. The first-order chi connectivity index (χ1) is 11.1. The van der Waals surface area contributed by atoms with Gasteiger partial charge in [-0.15, -0.1) is 10.2 Å². The van der Waals surface area contributed by atoms with E-state index in [2.05, 4.69) is 17.1 Å². The number of aromatic nitrogens is 3. The lowest BCUT2D eigenvalue weighted by molar-refractivity contribution is 0.628. The van der Waals surface area contributed by atoms with E-state index in [4.69, 9.17) is 11.6 Å². The third-order valence-electron chi connectivity index (χ3n) is 3.58. The molecule has 0 fully saturated rings. The molecule has 0 bridgehead atoms. The topological polar surface area (TPSA) is 30.7 Å². The van der Waals surface area contributed by atoms with E-state index in [0.717, 1.165) is 15.7 Å². The Morgan fingerprint density at radius 2 is 1.78 bits per heavy atom. The van der Waals surface area contributed by atoms with Crippen LogP contribution in [-0.4, -0.2) is 14.8 Å². The summed E-state index contributed by atoms with van der Waals surface area (Å²) >= 11 is 7.78. The van der Waals surface area contributed by atoms with Crippen LogP contribution in [0.3, 0.4) is 0 Å². The normalized spacial score (nSPS) is 12.3. The van der Waals surface area contributed by atoms with Gasteiger partial charge in [-0.3, -0.25) is 0 Å². The van der Waals surface area contributed by atoms with Crippen LogP contribution in [0.4, 0.5) is 4.39 Å². The standard InChI is InChI=1S/C17H15ClFN3S/c1-11(12-7-3-5-9-14(12)18)23-17-21-20-16(22(17)2)13-8-4-6-10-15(13)19/h3-11H,1-2H3/t11-/m0/s1. The molecule has 118 valence electrons. The number of thioether (sulfide) groups is 1. The van der Waals surface area contributed by atoms with Crippen LogP contribution in [0.5, 0.6) is 0 Å². The average Bonchev–Trinajstić information content (AvgIpc) is 2.89. The molecule has 1 heterocycles. The summed E-state index contributed by atoms with van der Waals surface area (Å²) in [5.41, 5.74) is 1.48. The second kappa shape index (κ2) is 6.72. The Labute approximate surface area is 143 Å². The van der Waals surface area contributed by atoms with Crippen molar-refractivity contribution in [3.8, 4) is 11.4 Å². The zero-order valence-corrected chi connectivity index (χ0v) is 14.3. The molecule has 3 aromatic rings. The summed E-state index contributed by atoms with van der Waals surface area (Å²) in [4.78, 5) is 0. The smallest absolute Gasteiger partial charge is 0.191 e. The maximum Gasteiger partial charge on any atom is 0.191 e. The van der Waals surface area contributed by atoms with Crippen LogP contribution in [0.2, 0.25) is 5.02 Å². The predicted octanol–water partition coefficient (Wildman–Crippen LogP) is 5.13. The number of hydrogen-bond donors (Lipinski definition) is 0. The van der Waals surface area contributed by atoms with Crippen LogP contribution in [0.1, 0.15) is 17.7 Å². The van der Waals surface area contributed by atoms with Gasteiger partial charge in [-0.1, -0.05) is 53.7 Å². The molecule has 1 aromatic heterocycles. The van der Waals surface area contributed by atoms with Crippen LogP contribution in [-0.2, 0) is 7.05 Å². The molecule has 0 amide bonds. The molecule has 23 heavy (non-hydrogen) atoms. The Morgan fingerprint density at radius 1 is 1.09 bits per heavy atom. The van der Waals surface area contributed by atoms with Crippen molar-refractivity contribution < 1.29 is 4.39 Å². The van der Waals surface area contributed by atoms with E-state index in [1.54, 1.807) is 34.5 Å². The number of nitrogens with zero attached hydrogens (tertiary/aromatic N) is 3. The van der Waals surface area contributed by atoms with Crippen molar-refractivity contribution in [1.82, 2.24) is 14.8 Å². The number of halogens is 2. The molecular formula is C17H15ClFN3S. The first kappa shape index (κ1) is 16.0. The SMILES string of the molecule is C[C@H](Sc1nnc(-c2ccccc2F)n1C)c1ccccc1Cl. The minimum atomic E-state index is -0.307. The Kier molecular flexibility index (Phi) is 4.68. The van der Waals surface area contributed by atoms with Crippen molar-refractivity contribution in [2.45, 2.75) is 17.3 Å². The summed E-state index contributed by atoms with van der Waals surface area (Å²) in [6.45, 7) is 2.06. The molecule has 0 aliphatic carbocycles. The zero-order chi connectivity index (χ0) is 16.4. The van der Waals surface area contributed by atoms with Gasteiger partial charge in [0.25, 0.3) is 0 Å². The molecule has 0 saturated heterocycles. The molecule has 2 aromatic carbocycles. The van der Waals surface area contributed by atoms with E-state index < -0.39 is 0 Å². The summed E-state index contributed by atoms with van der Waals surface area (Å²) in [5, 5.41) is 9.88. The molecule has 0 aliphatic heterocycles. The lowest BCUT2D eigenvalue weighted by Crippen LogP contribution is -1.98. The molecule has 0 N–H and O–H groups in total. The molecule has 1 atom stereocenters. The molecule has 6 heteroatoms. The van der Waals surface area contributed by atoms with Gasteiger partial charge in [0.05, 0.1) is 5.56 Å². The van der Waals surface area contributed by atoms with Gasteiger partial charge in [0.1, 0.15) is 5.82 Å². The Morgan fingerprint density at radius 3 is 2.52 bits per heavy atom. The Bertz CT molecular complexity index is 834. The molecule has 0 unspecified atom stereocenters. The number of rotatable bonds is 4. The highest BCUT2D eigenvalue weighted by Gasteiger charge is 2.18. The number of benzene rings is 2. The first-order valence-electron chi connectivity index (χ1n) is 7.13. The van der Waals surface area contributed by atoms with Crippen LogP contribution >= 0.6 is 23.4 Å². The lowest BCUT2D eigenvalue weighted by atomic mass is 10.2. The van der Waals surface area contributed by atoms with Crippen molar-refractivity contribution >= 4 is 23.4 Å². The van der Waals surface area contributed by atoms with E-state index >= 15 is 0 Å². The van der Waals surface area contributed by atoms with Crippen LogP contribution in [0.25, 0.3) is 11.4 Å². The Hall–Kier alpha value is -1.85. The van der Waals surface area contributed by atoms with E-state index in [-0.39, 0.29) is 11.1 Å². The van der Waals surface area contributed by atoms with Gasteiger partial charge in [0.15, 0.2) is 11.0 Å². The van der Waals surface area contributed by atoms with Crippen LogP contribution in [0, 0.1) is 5.82 Å². The molecular weight excluding hydrogens is 333 g/mol. The largest absolute Gasteiger partial charge is 0.305 e. The highest BCUT2D eigenvalue weighted by molar-refractivity contribution is 7.99. The highest BCUT2D eigenvalue weighted by Crippen LogP contribution is 2.37. The average molecular weight is 348 g/mol. The predicted molar refractivity (Wildman–Crippen MR) is 92.1 cm³/mol. The van der Waals surface area contributed by atoms with Gasteiger partial charge in [-0.25, -0.2) is 4.39 Å². The highest BCUT2D eigenvalue weighted by atomic mass is 35.5. The summed E-state index contributed by atoms with van der Waals surface area (Å²) in [5.74, 6) is 0.204. The van der Waals surface area contributed by atoms with Crippen molar-refractivity contribution in [2.24, 2.45) is 7.05 Å². The third kappa shape index (κ3) is 3.26. The first-order valence-corrected chi connectivity index (χ1v) is 8.39. The fourth-order valence-corrected chi connectivity index (χ4v) is 3.67. The van der Waals surface area contributed by atoms with E-state index in [9.17, 15) is 4.39 Å². The van der Waals surface area contributed by atoms with Gasteiger partial charge in [-0.2, -0.15) is 0 Å².